The average molecular weight is 262 g/mol. The van der Waals surface area contributed by atoms with Gasteiger partial charge < -0.3 is 20.7 Å². The molecule has 1 amide bonds. The molecule has 0 aliphatic carbocycles. The van der Waals surface area contributed by atoms with Gasteiger partial charge in [-0.3, -0.25) is 4.79 Å². The van der Waals surface area contributed by atoms with Crippen LogP contribution in [0.4, 0.5) is 11.4 Å². The minimum absolute atomic E-state index is 0.108. The molecule has 102 valence electrons. The third kappa shape index (κ3) is 4.48. The maximum absolute atomic E-state index is 11.6. The van der Waals surface area contributed by atoms with Crippen LogP contribution >= 0.6 is 0 Å². The van der Waals surface area contributed by atoms with E-state index in [9.17, 15) is 4.79 Å². The van der Waals surface area contributed by atoms with E-state index in [-0.39, 0.29) is 12.5 Å². The van der Waals surface area contributed by atoms with Crippen molar-refractivity contribution in [3.05, 3.63) is 23.8 Å². The monoisotopic (exact) mass is 262 g/mol. The van der Waals surface area contributed by atoms with Crippen LogP contribution in [-0.2, 0) is 9.53 Å². The summed E-state index contributed by atoms with van der Waals surface area (Å²) in [5, 5.41) is 11.5. The second-order valence-corrected chi connectivity index (χ2v) is 4.08. The molecule has 0 saturated heterocycles. The molecule has 0 fully saturated rings. The van der Waals surface area contributed by atoms with E-state index in [1.807, 2.05) is 6.07 Å². The Balaban J connectivity index is 2.60. The molecule has 0 radical (unpaired) electrons. The van der Waals surface area contributed by atoms with Gasteiger partial charge in [0.05, 0.1) is 36.2 Å². The molecular weight excluding hydrogens is 244 g/mol. The lowest BCUT2D eigenvalue weighted by Crippen LogP contribution is -2.36. The lowest BCUT2D eigenvalue weighted by atomic mass is 10.2. The molecule has 1 rings (SSSR count). The van der Waals surface area contributed by atoms with Gasteiger partial charge >= 0.3 is 0 Å². The molecule has 19 heavy (non-hydrogen) atoms. The predicted molar refractivity (Wildman–Crippen MR) is 73.7 cm³/mol. The fourth-order valence-corrected chi connectivity index (χ4v) is 1.62. The van der Waals surface area contributed by atoms with Crippen molar-refractivity contribution >= 4 is 17.3 Å². The summed E-state index contributed by atoms with van der Waals surface area (Å²) in [6.45, 7) is 1.15. The van der Waals surface area contributed by atoms with Crippen molar-refractivity contribution in [2.45, 2.75) is 0 Å². The van der Waals surface area contributed by atoms with Gasteiger partial charge in [0.1, 0.15) is 0 Å². The van der Waals surface area contributed by atoms with Crippen LogP contribution in [0.15, 0.2) is 18.2 Å². The number of nitrogens with one attached hydrogen (secondary N) is 1. The van der Waals surface area contributed by atoms with E-state index in [0.29, 0.717) is 24.4 Å². The van der Waals surface area contributed by atoms with Gasteiger partial charge in [0.15, 0.2) is 0 Å². The molecule has 0 aliphatic rings. The van der Waals surface area contributed by atoms with Crippen molar-refractivity contribution in [3.63, 3.8) is 0 Å². The number of carbonyl (C=O) groups is 1. The summed E-state index contributed by atoms with van der Waals surface area (Å²) in [6.07, 6.45) is 0. The van der Waals surface area contributed by atoms with Gasteiger partial charge in [0.25, 0.3) is 0 Å². The highest BCUT2D eigenvalue weighted by Crippen LogP contribution is 2.22. The van der Waals surface area contributed by atoms with E-state index < -0.39 is 0 Å². The molecule has 1 aromatic carbocycles. The first-order valence-corrected chi connectivity index (χ1v) is 5.85. The van der Waals surface area contributed by atoms with Crippen molar-refractivity contribution in [1.29, 1.82) is 5.26 Å². The van der Waals surface area contributed by atoms with Crippen LogP contribution in [0.2, 0.25) is 0 Å². The Bertz CT molecular complexity index is 482. The number of hydrogen-bond acceptors (Lipinski definition) is 5. The molecule has 0 unspecified atom stereocenters. The van der Waals surface area contributed by atoms with Crippen LogP contribution in [0, 0.1) is 11.3 Å². The minimum Gasteiger partial charge on any atom is -0.397 e. The van der Waals surface area contributed by atoms with E-state index in [2.05, 4.69) is 5.32 Å². The van der Waals surface area contributed by atoms with Gasteiger partial charge in [0, 0.05) is 20.7 Å². The van der Waals surface area contributed by atoms with Gasteiger partial charge in [-0.05, 0) is 18.2 Å². The quantitative estimate of drug-likeness (QED) is 0.570. The Labute approximate surface area is 112 Å². The first-order chi connectivity index (χ1) is 9.08. The number of methoxy groups -OCH3 is 1. The maximum Gasteiger partial charge on any atom is 0.239 e. The van der Waals surface area contributed by atoms with E-state index in [0.717, 1.165) is 5.69 Å². The largest absolute Gasteiger partial charge is 0.397 e. The third-order valence-electron chi connectivity index (χ3n) is 2.58. The summed E-state index contributed by atoms with van der Waals surface area (Å²) >= 11 is 0. The SMILES string of the molecule is COCCNC(=O)CN(C)c1ccc(C#N)cc1N. The van der Waals surface area contributed by atoms with E-state index >= 15 is 0 Å². The highest BCUT2D eigenvalue weighted by Gasteiger charge is 2.10. The van der Waals surface area contributed by atoms with Crippen molar-refractivity contribution in [1.82, 2.24) is 5.32 Å². The van der Waals surface area contributed by atoms with Crippen LogP contribution in [0.25, 0.3) is 0 Å². The lowest BCUT2D eigenvalue weighted by molar-refractivity contribution is -0.119. The van der Waals surface area contributed by atoms with Gasteiger partial charge in [0.2, 0.25) is 5.91 Å². The van der Waals surface area contributed by atoms with Crippen molar-refractivity contribution in [2.75, 3.05) is 44.5 Å². The predicted octanol–water partition coefficient (Wildman–Crippen LogP) is 0.339. The molecule has 0 atom stereocenters. The fraction of sp³-hybridized carbons (Fsp3) is 0.385. The van der Waals surface area contributed by atoms with Crippen molar-refractivity contribution < 1.29 is 9.53 Å². The zero-order chi connectivity index (χ0) is 14.3. The number of amides is 1. The molecule has 3 N–H and O–H groups in total. The summed E-state index contributed by atoms with van der Waals surface area (Å²) in [5.41, 5.74) is 7.55. The van der Waals surface area contributed by atoms with Crippen LogP contribution < -0.4 is 16.0 Å². The number of nitriles is 1. The second kappa shape index (κ2) is 7.24. The number of anilines is 2. The Morgan fingerprint density at radius 2 is 2.32 bits per heavy atom. The third-order valence-corrected chi connectivity index (χ3v) is 2.58. The smallest absolute Gasteiger partial charge is 0.239 e. The molecule has 0 bridgehead atoms. The van der Waals surface area contributed by atoms with Crippen LogP contribution in [0.5, 0.6) is 0 Å². The molecule has 0 saturated carbocycles. The van der Waals surface area contributed by atoms with E-state index in [1.165, 1.54) is 0 Å². The van der Waals surface area contributed by atoms with E-state index in [4.69, 9.17) is 15.7 Å². The van der Waals surface area contributed by atoms with Gasteiger partial charge in [-0.25, -0.2) is 0 Å². The number of ether oxygens (including phenoxy) is 1. The first-order valence-electron chi connectivity index (χ1n) is 5.85. The fourth-order valence-electron chi connectivity index (χ4n) is 1.62. The zero-order valence-corrected chi connectivity index (χ0v) is 11.1. The molecule has 0 aliphatic heterocycles. The number of carbonyl (C=O) groups excluding carboxylic acids is 1. The molecule has 0 aromatic heterocycles. The second-order valence-electron chi connectivity index (χ2n) is 4.08. The molecule has 6 nitrogen and oxygen atoms in total. The van der Waals surface area contributed by atoms with Crippen molar-refractivity contribution in [2.24, 2.45) is 0 Å². The highest BCUT2D eigenvalue weighted by atomic mass is 16.5. The van der Waals surface area contributed by atoms with Crippen molar-refractivity contribution in [3.8, 4) is 6.07 Å². The topological polar surface area (TPSA) is 91.4 Å². The summed E-state index contributed by atoms with van der Waals surface area (Å²) in [5.74, 6) is -0.108. The zero-order valence-electron chi connectivity index (χ0n) is 11.1. The van der Waals surface area contributed by atoms with Crippen LogP contribution in [0.3, 0.4) is 0 Å². The summed E-state index contributed by atoms with van der Waals surface area (Å²) in [7, 11) is 3.35. The summed E-state index contributed by atoms with van der Waals surface area (Å²) < 4.78 is 4.85. The molecular formula is C13H18N4O2. The first kappa shape index (κ1) is 14.8. The standard InChI is InChI=1S/C13H18N4O2/c1-17(9-13(18)16-5-6-19-2)12-4-3-10(8-14)7-11(12)15/h3-4,7H,5-6,9,15H2,1-2H3,(H,16,18). The number of nitrogens with two attached hydrogens (primary N) is 1. The normalized spacial score (nSPS) is 9.74. The summed E-state index contributed by atoms with van der Waals surface area (Å²) in [4.78, 5) is 13.4. The number of hydrogen-bond donors (Lipinski definition) is 2. The Hall–Kier alpha value is -2.26. The number of benzene rings is 1. The number of likely N-dealkylation sites (N-methyl/N-ethyl adjacent to an activating group) is 1. The van der Waals surface area contributed by atoms with Crippen LogP contribution in [0.1, 0.15) is 5.56 Å². The lowest BCUT2D eigenvalue weighted by Gasteiger charge is -2.20. The minimum atomic E-state index is -0.108. The highest BCUT2D eigenvalue weighted by molar-refractivity contribution is 5.83. The Kier molecular flexibility index (Phi) is 5.64. The van der Waals surface area contributed by atoms with Gasteiger partial charge in [-0.2, -0.15) is 5.26 Å². The number of nitrogens with zero attached hydrogens (tertiary/aromatic N) is 2. The van der Waals surface area contributed by atoms with Gasteiger partial charge in [-0.1, -0.05) is 0 Å². The molecule has 1 aromatic rings. The number of rotatable bonds is 6. The molecule has 0 heterocycles. The Morgan fingerprint density at radius 1 is 1.58 bits per heavy atom. The molecule has 6 heteroatoms. The summed E-state index contributed by atoms with van der Waals surface area (Å²) in [6, 6.07) is 7.01. The molecule has 0 spiro atoms. The maximum atomic E-state index is 11.6. The van der Waals surface area contributed by atoms with Gasteiger partial charge in [-0.15, -0.1) is 0 Å². The van der Waals surface area contributed by atoms with E-state index in [1.54, 1.807) is 37.3 Å². The average Bonchev–Trinajstić information content (AvgIpc) is 2.38. The Morgan fingerprint density at radius 3 is 2.89 bits per heavy atom. The van der Waals surface area contributed by atoms with Crippen LogP contribution in [-0.4, -0.2) is 39.8 Å². The number of nitrogen functional groups attached to an aromatic ring is 1.